The highest BCUT2D eigenvalue weighted by Gasteiger charge is 2.50. The molecule has 3 rings (SSSR count). The van der Waals surface area contributed by atoms with E-state index in [1.165, 1.54) is 12.8 Å². The summed E-state index contributed by atoms with van der Waals surface area (Å²) in [6.07, 6.45) is 5.01. The van der Waals surface area contributed by atoms with E-state index in [0.29, 0.717) is 0 Å². The minimum absolute atomic E-state index is 0.125. The Morgan fingerprint density at radius 3 is 2.61 bits per heavy atom. The van der Waals surface area contributed by atoms with Gasteiger partial charge < -0.3 is 4.90 Å². The van der Waals surface area contributed by atoms with E-state index in [-0.39, 0.29) is 5.54 Å². The van der Waals surface area contributed by atoms with Gasteiger partial charge in [-0.15, -0.1) is 0 Å². The second kappa shape index (κ2) is 4.44. The lowest BCUT2D eigenvalue weighted by atomic mass is 10.1. The van der Waals surface area contributed by atoms with Crippen molar-refractivity contribution in [2.45, 2.75) is 18.4 Å². The van der Waals surface area contributed by atoms with Crippen molar-refractivity contribution in [3.8, 4) is 0 Å². The Hall–Kier alpha value is -1.26. The molecule has 2 heterocycles. The average Bonchev–Trinajstić information content (AvgIpc) is 3.21. The molecule has 4 heteroatoms. The molecule has 1 aromatic heterocycles. The van der Waals surface area contributed by atoms with Crippen LogP contribution in [0.4, 0.5) is 0 Å². The van der Waals surface area contributed by atoms with Crippen LogP contribution in [0.5, 0.6) is 0 Å². The molecule has 2 fully saturated rings. The molecule has 0 bridgehead atoms. The summed E-state index contributed by atoms with van der Waals surface area (Å²) in [7, 11) is 2.17. The van der Waals surface area contributed by atoms with Gasteiger partial charge in [0, 0.05) is 37.9 Å². The van der Waals surface area contributed by atoms with E-state index < -0.39 is 0 Å². The van der Waals surface area contributed by atoms with Gasteiger partial charge in [0.1, 0.15) is 6.29 Å². The number of rotatable bonds is 3. The SMILES string of the molecule is CN1CCN(C2(c3cc(C=O)ccn3)CC2)CC1. The van der Waals surface area contributed by atoms with E-state index in [1.807, 2.05) is 6.07 Å². The summed E-state index contributed by atoms with van der Waals surface area (Å²) in [6, 6.07) is 3.73. The maximum atomic E-state index is 10.9. The molecule has 1 aromatic rings. The predicted octanol–water partition coefficient (Wildman–Crippen LogP) is 1.13. The lowest BCUT2D eigenvalue weighted by Gasteiger charge is -2.38. The molecule has 4 nitrogen and oxygen atoms in total. The van der Waals surface area contributed by atoms with Gasteiger partial charge in [0.15, 0.2) is 0 Å². The third kappa shape index (κ3) is 1.95. The molecule has 1 aliphatic heterocycles. The first-order valence-corrected chi connectivity index (χ1v) is 6.60. The second-order valence-electron chi connectivity index (χ2n) is 5.41. The number of pyridine rings is 1. The van der Waals surface area contributed by atoms with Crippen molar-refractivity contribution < 1.29 is 4.79 Å². The van der Waals surface area contributed by atoms with Crippen molar-refractivity contribution in [3.05, 3.63) is 29.6 Å². The number of carbonyl (C=O) groups is 1. The van der Waals surface area contributed by atoms with Crippen LogP contribution >= 0.6 is 0 Å². The number of carbonyl (C=O) groups excluding carboxylic acids is 1. The van der Waals surface area contributed by atoms with Crippen LogP contribution in [-0.2, 0) is 5.54 Å². The van der Waals surface area contributed by atoms with Gasteiger partial charge in [-0.05, 0) is 32.0 Å². The van der Waals surface area contributed by atoms with Crippen molar-refractivity contribution in [2.24, 2.45) is 0 Å². The van der Waals surface area contributed by atoms with E-state index in [0.717, 1.165) is 43.7 Å². The zero-order valence-electron chi connectivity index (χ0n) is 10.8. The molecule has 18 heavy (non-hydrogen) atoms. The van der Waals surface area contributed by atoms with Crippen LogP contribution in [0.25, 0.3) is 0 Å². The fourth-order valence-corrected chi connectivity index (χ4v) is 2.86. The molecule has 96 valence electrons. The minimum Gasteiger partial charge on any atom is -0.304 e. The molecule has 2 aliphatic rings. The van der Waals surface area contributed by atoms with Gasteiger partial charge in [-0.25, -0.2) is 0 Å². The van der Waals surface area contributed by atoms with Crippen molar-refractivity contribution in [2.75, 3.05) is 33.2 Å². The number of likely N-dealkylation sites (N-methyl/N-ethyl adjacent to an activating group) is 1. The second-order valence-corrected chi connectivity index (χ2v) is 5.41. The zero-order valence-corrected chi connectivity index (χ0v) is 10.8. The topological polar surface area (TPSA) is 36.4 Å². The molecule has 0 aromatic carbocycles. The highest BCUT2D eigenvalue weighted by atomic mass is 16.1. The molecule has 0 amide bonds. The number of aromatic nitrogens is 1. The first kappa shape index (κ1) is 11.8. The molecular formula is C14H19N3O. The Balaban J connectivity index is 1.83. The first-order chi connectivity index (χ1) is 8.74. The zero-order chi connectivity index (χ0) is 12.6. The lowest BCUT2D eigenvalue weighted by Crippen LogP contribution is -2.49. The predicted molar refractivity (Wildman–Crippen MR) is 69.6 cm³/mol. The number of aldehydes is 1. The smallest absolute Gasteiger partial charge is 0.150 e. The summed E-state index contributed by atoms with van der Waals surface area (Å²) in [5.74, 6) is 0. The maximum absolute atomic E-state index is 10.9. The largest absolute Gasteiger partial charge is 0.304 e. The number of nitrogens with zero attached hydrogens (tertiary/aromatic N) is 3. The quantitative estimate of drug-likeness (QED) is 0.748. The molecule has 0 atom stereocenters. The van der Waals surface area contributed by atoms with Crippen LogP contribution in [0.15, 0.2) is 18.3 Å². The Morgan fingerprint density at radius 1 is 1.28 bits per heavy atom. The average molecular weight is 245 g/mol. The third-order valence-corrected chi connectivity index (χ3v) is 4.23. The van der Waals surface area contributed by atoms with Crippen molar-refractivity contribution in [3.63, 3.8) is 0 Å². The fraction of sp³-hybridized carbons (Fsp3) is 0.571. The Morgan fingerprint density at radius 2 is 2.00 bits per heavy atom. The van der Waals surface area contributed by atoms with E-state index in [1.54, 1.807) is 12.3 Å². The van der Waals surface area contributed by atoms with E-state index in [2.05, 4.69) is 21.8 Å². The Bertz CT molecular complexity index is 448. The fourth-order valence-electron chi connectivity index (χ4n) is 2.86. The van der Waals surface area contributed by atoms with Crippen LogP contribution in [-0.4, -0.2) is 54.3 Å². The molecular weight excluding hydrogens is 226 g/mol. The summed E-state index contributed by atoms with van der Waals surface area (Å²) in [5.41, 5.74) is 1.94. The number of hydrogen-bond acceptors (Lipinski definition) is 4. The third-order valence-electron chi connectivity index (χ3n) is 4.23. The Kier molecular flexibility index (Phi) is 2.92. The molecule has 1 aliphatic carbocycles. The molecule has 1 saturated carbocycles. The molecule has 0 radical (unpaired) electrons. The number of hydrogen-bond donors (Lipinski definition) is 0. The molecule has 1 saturated heterocycles. The minimum atomic E-state index is 0.125. The van der Waals surface area contributed by atoms with Gasteiger partial charge in [0.2, 0.25) is 0 Å². The summed E-state index contributed by atoms with van der Waals surface area (Å²) >= 11 is 0. The lowest BCUT2D eigenvalue weighted by molar-refractivity contribution is 0.0953. The van der Waals surface area contributed by atoms with Gasteiger partial charge in [0.25, 0.3) is 0 Å². The van der Waals surface area contributed by atoms with Gasteiger partial charge in [-0.2, -0.15) is 0 Å². The van der Waals surface area contributed by atoms with E-state index in [4.69, 9.17) is 0 Å². The van der Waals surface area contributed by atoms with E-state index in [9.17, 15) is 4.79 Å². The summed E-state index contributed by atoms with van der Waals surface area (Å²) in [5, 5.41) is 0. The van der Waals surface area contributed by atoms with Gasteiger partial charge in [0.05, 0.1) is 11.2 Å². The van der Waals surface area contributed by atoms with Crippen molar-refractivity contribution in [1.29, 1.82) is 0 Å². The molecule has 0 unspecified atom stereocenters. The monoisotopic (exact) mass is 245 g/mol. The summed E-state index contributed by atoms with van der Waals surface area (Å²) in [4.78, 5) is 20.3. The van der Waals surface area contributed by atoms with Crippen LogP contribution in [0.1, 0.15) is 28.9 Å². The van der Waals surface area contributed by atoms with Crippen LogP contribution in [0.2, 0.25) is 0 Å². The summed E-state index contributed by atoms with van der Waals surface area (Å²) in [6.45, 7) is 4.44. The van der Waals surface area contributed by atoms with E-state index >= 15 is 0 Å². The summed E-state index contributed by atoms with van der Waals surface area (Å²) < 4.78 is 0. The highest BCUT2D eigenvalue weighted by Crippen LogP contribution is 2.50. The molecule has 0 N–H and O–H groups in total. The standard InChI is InChI=1S/C14H19N3O/c1-16-6-8-17(9-7-16)14(3-4-14)13-10-12(11-18)2-5-15-13/h2,5,10-11H,3-4,6-9H2,1H3. The van der Waals surface area contributed by atoms with Crippen LogP contribution in [0, 0.1) is 0 Å². The van der Waals surface area contributed by atoms with Gasteiger partial charge in [-0.3, -0.25) is 14.7 Å². The Labute approximate surface area is 108 Å². The van der Waals surface area contributed by atoms with Crippen molar-refractivity contribution >= 4 is 6.29 Å². The van der Waals surface area contributed by atoms with Gasteiger partial charge >= 0.3 is 0 Å². The number of piperazine rings is 1. The van der Waals surface area contributed by atoms with Crippen molar-refractivity contribution in [1.82, 2.24) is 14.8 Å². The van der Waals surface area contributed by atoms with Gasteiger partial charge in [-0.1, -0.05) is 0 Å². The normalized spacial score (nSPS) is 23.8. The molecule has 0 spiro atoms. The van der Waals surface area contributed by atoms with Crippen LogP contribution < -0.4 is 0 Å². The maximum Gasteiger partial charge on any atom is 0.150 e. The highest BCUT2D eigenvalue weighted by molar-refractivity contribution is 5.74. The van der Waals surface area contributed by atoms with Crippen LogP contribution in [0.3, 0.4) is 0 Å². The first-order valence-electron chi connectivity index (χ1n) is 6.60.